The van der Waals surface area contributed by atoms with Crippen molar-refractivity contribution in [2.24, 2.45) is 0 Å². The lowest BCUT2D eigenvalue weighted by atomic mass is 9.79. The summed E-state index contributed by atoms with van der Waals surface area (Å²) in [6.45, 7) is 6.16. The molecule has 1 fully saturated rings. The van der Waals surface area contributed by atoms with E-state index in [1.807, 2.05) is 19.9 Å². The van der Waals surface area contributed by atoms with Gasteiger partial charge < -0.3 is 4.74 Å². The first-order valence-corrected chi connectivity index (χ1v) is 6.62. The van der Waals surface area contributed by atoms with Crippen molar-refractivity contribution < 1.29 is 14.3 Å². The molecule has 1 aromatic carbocycles. The fraction of sp³-hybridized carbons (Fsp3) is 0.500. The van der Waals surface area contributed by atoms with Gasteiger partial charge in [-0.25, -0.2) is 0 Å². The maximum absolute atomic E-state index is 11.7. The van der Waals surface area contributed by atoms with E-state index in [0.717, 1.165) is 16.9 Å². The third-order valence-electron chi connectivity index (χ3n) is 4.14. The number of hydrogen-bond donors (Lipinski definition) is 0. The standard InChI is InChI=1S/C16H20O3/c1-9-5-15(19-4)16(11(3)10(9)2)12-6-13(17)8-14(18)7-12/h5,12H,6-8H2,1-4H3. The van der Waals surface area contributed by atoms with Gasteiger partial charge in [-0.2, -0.15) is 0 Å². The fourth-order valence-corrected chi connectivity index (χ4v) is 2.93. The second-order valence-corrected chi connectivity index (χ2v) is 5.42. The summed E-state index contributed by atoms with van der Waals surface area (Å²) in [6, 6.07) is 2.00. The van der Waals surface area contributed by atoms with Crippen molar-refractivity contribution in [3.63, 3.8) is 0 Å². The van der Waals surface area contributed by atoms with E-state index in [1.165, 1.54) is 11.1 Å². The maximum Gasteiger partial charge on any atom is 0.140 e. The lowest BCUT2D eigenvalue weighted by Gasteiger charge is -2.25. The molecule has 0 bridgehead atoms. The third-order valence-corrected chi connectivity index (χ3v) is 4.14. The van der Waals surface area contributed by atoms with E-state index in [1.54, 1.807) is 7.11 Å². The van der Waals surface area contributed by atoms with Crippen LogP contribution >= 0.6 is 0 Å². The molecule has 1 aromatic rings. The van der Waals surface area contributed by atoms with Gasteiger partial charge in [-0.15, -0.1) is 0 Å². The molecular weight excluding hydrogens is 240 g/mol. The smallest absolute Gasteiger partial charge is 0.140 e. The van der Waals surface area contributed by atoms with Gasteiger partial charge in [-0.3, -0.25) is 9.59 Å². The number of rotatable bonds is 2. The molecule has 0 spiro atoms. The predicted molar refractivity (Wildman–Crippen MR) is 73.8 cm³/mol. The number of ketones is 2. The maximum atomic E-state index is 11.7. The van der Waals surface area contributed by atoms with Crippen molar-refractivity contribution in [3.05, 3.63) is 28.3 Å². The van der Waals surface area contributed by atoms with Crippen LogP contribution in [0, 0.1) is 20.8 Å². The molecule has 0 aromatic heterocycles. The second kappa shape index (κ2) is 5.16. The topological polar surface area (TPSA) is 43.4 Å². The van der Waals surface area contributed by atoms with Crippen molar-refractivity contribution in [3.8, 4) is 5.75 Å². The van der Waals surface area contributed by atoms with Crippen molar-refractivity contribution in [1.82, 2.24) is 0 Å². The number of methoxy groups -OCH3 is 1. The van der Waals surface area contributed by atoms with E-state index in [-0.39, 0.29) is 23.9 Å². The molecule has 0 amide bonds. The Kier molecular flexibility index (Phi) is 3.74. The van der Waals surface area contributed by atoms with E-state index in [4.69, 9.17) is 4.74 Å². The first-order valence-electron chi connectivity index (χ1n) is 6.62. The Morgan fingerprint density at radius 3 is 2.16 bits per heavy atom. The molecule has 102 valence electrons. The van der Waals surface area contributed by atoms with Gasteiger partial charge in [-0.1, -0.05) is 0 Å². The number of benzene rings is 1. The van der Waals surface area contributed by atoms with Gasteiger partial charge >= 0.3 is 0 Å². The van der Waals surface area contributed by atoms with E-state index < -0.39 is 0 Å². The summed E-state index contributed by atoms with van der Waals surface area (Å²) < 4.78 is 5.46. The lowest BCUT2D eigenvalue weighted by Crippen LogP contribution is -2.22. The Hall–Kier alpha value is -1.64. The minimum atomic E-state index is -0.0250. The van der Waals surface area contributed by atoms with Crippen LogP contribution in [0.2, 0.25) is 0 Å². The molecule has 1 aliphatic rings. The summed E-state index contributed by atoms with van der Waals surface area (Å²) in [5.41, 5.74) is 4.56. The first kappa shape index (κ1) is 13.8. The number of carbonyl (C=O) groups excluding carboxylic acids is 2. The molecule has 1 aliphatic carbocycles. The normalized spacial score (nSPS) is 16.8. The molecule has 0 radical (unpaired) electrons. The van der Waals surface area contributed by atoms with Crippen LogP contribution in [0.3, 0.4) is 0 Å². The number of Topliss-reactive ketones (excluding diaryl/α,β-unsaturated/α-hetero) is 2. The summed E-state index contributed by atoms with van der Waals surface area (Å²) >= 11 is 0. The molecule has 3 heteroatoms. The predicted octanol–water partition coefficient (Wildman–Crippen LogP) is 3.03. The van der Waals surface area contributed by atoms with Gasteiger partial charge in [0.15, 0.2) is 0 Å². The molecule has 19 heavy (non-hydrogen) atoms. The van der Waals surface area contributed by atoms with Crippen molar-refractivity contribution in [2.75, 3.05) is 7.11 Å². The molecule has 3 nitrogen and oxygen atoms in total. The highest BCUT2D eigenvalue weighted by Crippen LogP contribution is 2.39. The summed E-state index contributed by atoms with van der Waals surface area (Å²) in [4.78, 5) is 23.3. The Bertz CT molecular complexity index is 527. The van der Waals surface area contributed by atoms with Gasteiger partial charge in [0.25, 0.3) is 0 Å². The molecule has 0 atom stereocenters. The third kappa shape index (κ3) is 2.55. The van der Waals surface area contributed by atoms with Crippen LogP contribution in [0.1, 0.15) is 47.4 Å². The zero-order valence-electron chi connectivity index (χ0n) is 12.0. The molecule has 1 saturated carbocycles. The minimum Gasteiger partial charge on any atom is -0.496 e. The number of ether oxygens (including phenoxy) is 1. The van der Waals surface area contributed by atoms with Crippen LogP contribution in [0.15, 0.2) is 6.07 Å². The Morgan fingerprint density at radius 1 is 1.05 bits per heavy atom. The summed E-state index contributed by atoms with van der Waals surface area (Å²) in [6.07, 6.45) is 1.000. The number of aryl methyl sites for hydroxylation is 1. The Labute approximate surface area is 114 Å². The highest BCUT2D eigenvalue weighted by molar-refractivity contribution is 6.02. The average Bonchev–Trinajstić information content (AvgIpc) is 2.34. The highest BCUT2D eigenvalue weighted by Gasteiger charge is 2.30. The minimum absolute atomic E-state index is 0.0250. The molecule has 0 saturated heterocycles. The SMILES string of the molecule is COc1cc(C)c(C)c(C)c1C1CC(=O)CC(=O)C1. The quantitative estimate of drug-likeness (QED) is 0.768. The largest absolute Gasteiger partial charge is 0.496 e. The van der Waals surface area contributed by atoms with Gasteiger partial charge in [0.1, 0.15) is 17.3 Å². The summed E-state index contributed by atoms with van der Waals surface area (Å²) in [7, 11) is 1.64. The van der Waals surface area contributed by atoms with E-state index in [2.05, 4.69) is 6.92 Å². The van der Waals surface area contributed by atoms with Crippen LogP contribution in [0.4, 0.5) is 0 Å². The highest BCUT2D eigenvalue weighted by atomic mass is 16.5. The first-order chi connectivity index (χ1) is 8.93. The molecule has 2 rings (SSSR count). The molecule has 0 aliphatic heterocycles. The molecule has 0 heterocycles. The van der Waals surface area contributed by atoms with Gasteiger partial charge in [0.05, 0.1) is 13.5 Å². The monoisotopic (exact) mass is 260 g/mol. The van der Waals surface area contributed by atoms with Crippen LogP contribution in [-0.4, -0.2) is 18.7 Å². The number of hydrogen-bond acceptors (Lipinski definition) is 3. The van der Waals surface area contributed by atoms with Gasteiger partial charge in [0, 0.05) is 24.3 Å². The second-order valence-electron chi connectivity index (χ2n) is 5.42. The Morgan fingerprint density at radius 2 is 1.63 bits per heavy atom. The summed E-state index contributed by atoms with van der Waals surface area (Å²) in [5.74, 6) is 0.859. The van der Waals surface area contributed by atoms with E-state index in [0.29, 0.717) is 12.8 Å². The average molecular weight is 260 g/mol. The zero-order valence-corrected chi connectivity index (χ0v) is 12.0. The van der Waals surface area contributed by atoms with E-state index in [9.17, 15) is 9.59 Å². The van der Waals surface area contributed by atoms with Crippen molar-refractivity contribution in [1.29, 1.82) is 0 Å². The van der Waals surface area contributed by atoms with Crippen LogP contribution in [-0.2, 0) is 9.59 Å². The molecule has 0 unspecified atom stereocenters. The van der Waals surface area contributed by atoms with Crippen LogP contribution < -0.4 is 4.74 Å². The van der Waals surface area contributed by atoms with Gasteiger partial charge in [0.2, 0.25) is 0 Å². The van der Waals surface area contributed by atoms with Crippen LogP contribution in [0.5, 0.6) is 5.75 Å². The van der Waals surface area contributed by atoms with Crippen LogP contribution in [0.25, 0.3) is 0 Å². The summed E-state index contributed by atoms with van der Waals surface area (Å²) in [5, 5.41) is 0. The lowest BCUT2D eigenvalue weighted by molar-refractivity contribution is -0.130. The van der Waals surface area contributed by atoms with Gasteiger partial charge in [-0.05, 0) is 43.5 Å². The zero-order chi connectivity index (χ0) is 14.2. The molecular formula is C16H20O3. The van der Waals surface area contributed by atoms with E-state index >= 15 is 0 Å². The van der Waals surface area contributed by atoms with Crippen molar-refractivity contribution in [2.45, 2.75) is 46.0 Å². The van der Waals surface area contributed by atoms with Crippen molar-refractivity contribution >= 4 is 11.6 Å². The number of carbonyl (C=O) groups is 2. The Balaban J connectivity index is 2.51. The fourth-order valence-electron chi connectivity index (χ4n) is 2.93. The molecule has 0 N–H and O–H groups in total.